The lowest BCUT2D eigenvalue weighted by molar-refractivity contribution is 0.178. The maximum absolute atomic E-state index is 5.47. The third kappa shape index (κ3) is 3.43. The van der Waals surface area contributed by atoms with Crippen molar-refractivity contribution >= 4 is 11.6 Å². The molecule has 8 heteroatoms. The lowest BCUT2D eigenvalue weighted by atomic mass is 10.3. The summed E-state index contributed by atoms with van der Waals surface area (Å²) in [5, 5.41) is 3.19. The first kappa shape index (κ1) is 14.2. The van der Waals surface area contributed by atoms with Crippen LogP contribution in [0.15, 0.2) is 16.7 Å². The van der Waals surface area contributed by atoms with Gasteiger partial charge in [0.05, 0.1) is 6.20 Å². The molecule has 2 aromatic heterocycles. The zero-order valence-corrected chi connectivity index (χ0v) is 11.7. The molecule has 2 heterocycles. The molecule has 8 nitrogen and oxygen atoms in total. The molecule has 20 heavy (non-hydrogen) atoms. The van der Waals surface area contributed by atoms with Crippen LogP contribution in [0, 0.1) is 6.92 Å². The molecule has 0 fully saturated rings. The summed E-state index contributed by atoms with van der Waals surface area (Å²) in [5.74, 6) is 8.40. The predicted molar refractivity (Wildman–Crippen MR) is 73.8 cm³/mol. The van der Waals surface area contributed by atoms with E-state index in [1.165, 1.54) is 0 Å². The summed E-state index contributed by atoms with van der Waals surface area (Å²) in [6.07, 6.45) is 1.68. The first-order valence-electron chi connectivity index (χ1n) is 6.14. The average molecular weight is 278 g/mol. The summed E-state index contributed by atoms with van der Waals surface area (Å²) < 4.78 is 10.5. The van der Waals surface area contributed by atoms with E-state index in [2.05, 4.69) is 25.7 Å². The molecule has 0 aromatic carbocycles. The molecule has 2 aromatic rings. The van der Waals surface area contributed by atoms with Gasteiger partial charge >= 0.3 is 0 Å². The number of aryl methyl sites for hydroxylation is 1. The van der Waals surface area contributed by atoms with Crippen molar-refractivity contribution in [3.8, 4) is 0 Å². The fourth-order valence-corrected chi connectivity index (χ4v) is 1.69. The monoisotopic (exact) mass is 278 g/mol. The van der Waals surface area contributed by atoms with Gasteiger partial charge in [0.25, 0.3) is 0 Å². The lowest BCUT2D eigenvalue weighted by Gasteiger charge is -2.13. The van der Waals surface area contributed by atoms with Gasteiger partial charge in [0.1, 0.15) is 30.0 Å². The number of anilines is 2. The van der Waals surface area contributed by atoms with Gasteiger partial charge in [-0.15, -0.1) is 0 Å². The number of ether oxygens (including phenoxy) is 1. The average Bonchev–Trinajstić information content (AvgIpc) is 2.85. The molecule has 4 N–H and O–H groups in total. The summed E-state index contributed by atoms with van der Waals surface area (Å²) in [5.41, 5.74) is 2.50. The molecule has 1 atom stereocenters. The van der Waals surface area contributed by atoms with E-state index in [4.69, 9.17) is 15.0 Å². The van der Waals surface area contributed by atoms with E-state index in [0.29, 0.717) is 30.0 Å². The third-order valence-corrected chi connectivity index (χ3v) is 2.57. The van der Waals surface area contributed by atoms with Crippen LogP contribution in [0.4, 0.5) is 11.6 Å². The van der Waals surface area contributed by atoms with Gasteiger partial charge < -0.3 is 19.9 Å². The van der Waals surface area contributed by atoms with Crippen LogP contribution in [-0.4, -0.2) is 22.1 Å². The van der Waals surface area contributed by atoms with E-state index in [-0.39, 0.29) is 6.04 Å². The molecule has 0 spiro atoms. The quantitative estimate of drug-likeness (QED) is 0.536. The molecular formula is C12H18N6O2. The Morgan fingerprint density at radius 1 is 1.40 bits per heavy atom. The van der Waals surface area contributed by atoms with Crippen LogP contribution in [0.2, 0.25) is 0 Å². The molecule has 0 bridgehead atoms. The number of aromatic nitrogens is 3. The van der Waals surface area contributed by atoms with Crippen molar-refractivity contribution in [2.75, 3.05) is 17.9 Å². The van der Waals surface area contributed by atoms with Gasteiger partial charge in [-0.05, 0) is 13.8 Å². The summed E-state index contributed by atoms with van der Waals surface area (Å²) >= 11 is 0. The van der Waals surface area contributed by atoms with Crippen LogP contribution in [-0.2, 0) is 11.3 Å². The van der Waals surface area contributed by atoms with Gasteiger partial charge in [-0.2, -0.15) is 0 Å². The zero-order valence-electron chi connectivity index (χ0n) is 11.7. The van der Waals surface area contributed by atoms with E-state index in [9.17, 15) is 0 Å². The second-order valence-electron chi connectivity index (χ2n) is 4.31. The highest BCUT2D eigenvalue weighted by Crippen LogP contribution is 2.19. The highest BCUT2D eigenvalue weighted by molar-refractivity contribution is 5.47. The Kier molecular flexibility index (Phi) is 4.49. The number of rotatable bonds is 6. The Hall–Kier alpha value is -2.19. The maximum atomic E-state index is 5.47. The first-order valence-corrected chi connectivity index (χ1v) is 6.14. The Morgan fingerprint density at radius 3 is 2.75 bits per heavy atom. The topological polar surface area (TPSA) is 111 Å². The summed E-state index contributed by atoms with van der Waals surface area (Å²) in [7, 11) is 1.58. The van der Waals surface area contributed by atoms with E-state index in [1.807, 2.05) is 13.8 Å². The van der Waals surface area contributed by atoms with Gasteiger partial charge in [-0.3, -0.25) is 0 Å². The molecular weight excluding hydrogens is 260 g/mol. The van der Waals surface area contributed by atoms with Crippen LogP contribution >= 0.6 is 0 Å². The van der Waals surface area contributed by atoms with Crippen LogP contribution in [0.3, 0.4) is 0 Å². The fraction of sp³-hybridized carbons (Fsp3) is 0.417. The minimum absolute atomic E-state index is 0.125. The van der Waals surface area contributed by atoms with Crippen molar-refractivity contribution in [3.05, 3.63) is 29.7 Å². The molecule has 0 amide bonds. The Morgan fingerprint density at radius 2 is 2.15 bits per heavy atom. The number of nitrogen functional groups attached to an aromatic ring is 1. The van der Waals surface area contributed by atoms with E-state index < -0.39 is 0 Å². The predicted octanol–water partition coefficient (Wildman–Crippen LogP) is 1.38. The number of hydrogen-bond acceptors (Lipinski definition) is 8. The summed E-state index contributed by atoms with van der Waals surface area (Å²) in [6.45, 7) is 4.08. The standard InChI is InChI=1S/C12H18N6O2/c1-7-5-14-12(20-7)8(2)15-9-4-10(18-13)17-11(16-9)6-19-3/h4-5,8H,6,13H2,1-3H3,(H2,15,16,17,18). The molecule has 0 aliphatic carbocycles. The summed E-state index contributed by atoms with van der Waals surface area (Å²) in [4.78, 5) is 12.7. The van der Waals surface area contributed by atoms with Crippen molar-refractivity contribution in [1.82, 2.24) is 15.0 Å². The SMILES string of the molecule is COCc1nc(NN)cc(NC(C)c2ncc(C)o2)n1. The van der Waals surface area contributed by atoms with Gasteiger partial charge in [0.2, 0.25) is 5.89 Å². The number of nitrogens with zero attached hydrogens (tertiary/aromatic N) is 3. The van der Waals surface area contributed by atoms with Gasteiger partial charge in [-0.25, -0.2) is 20.8 Å². The normalized spacial score (nSPS) is 12.2. The Bertz CT molecular complexity index is 571. The van der Waals surface area contributed by atoms with Gasteiger partial charge in [0.15, 0.2) is 5.82 Å². The summed E-state index contributed by atoms with van der Waals surface area (Å²) in [6, 6.07) is 1.57. The van der Waals surface area contributed by atoms with Crippen molar-refractivity contribution in [1.29, 1.82) is 0 Å². The number of hydrazine groups is 1. The van der Waals surface area contributed by atoms with Gasteiger partial charge in [0, 0.05) is 13.2 Å². The van der Waals surface area contributed by atoms with Crippen LogP contribution in [0.25, 0.3) is 0 Å². The third-order valence-electron chi connectivity index (χ3n) is 2.57. The van der Waals surface area contributed by atoms with Crippen LogP contribution in [0.1, 0.15) is 30.4 Å². The molecule has 0 aliphatic heterocycles. The smallest absolute Gasteiger partial charge is 0.216 e. The highest BCUT2D eigenvalue weighted by Gasteiger charge is 2.13. The van der Waals surface area contributed by atoms with Crippen molar-refractivity contribution < 1.29 is 9.15 Å². The highest BCUT2D eigenvalue weighted by atomic mass is 16.5. The molecule has 0 aliphatic rings. The molecule has 0 saturated heterocycles. The number of methoxy groups -OCH3 is 1. The van der Waals surface area contributed by atoms with Crippen molar-refractivity contribution in [2.45, 2.75) is 26.5 Å². The second-order valence-corrected chi connectivity index (χ2v) is 4.31. The van der Waals surface area contributed by atoms with E-state index >= 15 is 0 Å². The number of nitrogens with two attached hydrogens (primary N) is 1. The number of nitrogens with one attached hydrogen (secondary N) is 2. The number of oxazole rings is 1. The molecule has 2 rings (SSSR count). The number of hydrogen-bond donors (Lipinski definition) is 3. The molecule has 0 saturated carbocycles. The second kappa shape index (κ2) is 6.31. The fourth-order valence-electron chi connectivity index (χ4n) is 1.69. The van der Waals surface area contributed by atoms with Crippen molar-refractivity contribution in [3.63, 3.8) is 0 Å². The molecule has 1 unspecified atom stereocenters. The van der Waals surface area contributed by atoms with E-state index in [1.54, 1.807) is 19.4 Å². The van der Waals surface area contributed by atoms with Gasteiger partial charge in [-0.1, -0.05) is 0 Å². The largest absolute Gasteiger partial charge is 0.444 e. The Balaban J connectivity index is 2.17. The minimum Gasteiger partial charge on any atom is -0.444 e. The zero-order chi connectivity index (χ0) is 14.5. The van der Waals surface area contributed by atoms with E-state index in [0.717, 1.165) is 5.76 Å². The molecule has 0 radical (unpaired) electrons. The van der Waals surface area contributed by atoms with Crippen molar-refractivity contribution in [2.24, 2.45) is 5.84 Å². The van der Waals surface area contributed by atoms with Crippen LogP contribution < -0.4 is 16.6 Å². The first-order chi connectivity index (χ1) is 9.62. The molecule has 108 valence electrons. The maximum Gasteiger partial charge on any atom is 0.216 e. The lowest BCUT2D eigenvalue weighted by Crippen LogP contribution is -2.14. The van der Waals surface area contributed by atoms with Crippen LogP contribution in [0.5, 0.6) is 0 Å². The Labute approximate surface area is 116 Å². The minimum atomic E-state index is -0.125.